The van der Waals surface area contributed by atoms with E-state index in [4.69, 9.17) is 0 Å². The molecular formula is C14H30N2. The molecule has 1 rings (SSSR count). The van der Waals surface area contributed by atoms with E-state index in [0.29, 0.717) is 11.5 Å². The van der Waals surface area contributed by atoms with Crippen molar-refractivity contribution in [2.45, 2.75) is 53.5 Å². The molecule has 1 fully saturated rings. The fourth-order valence-corrected chi connectivity index (χ4v) is 2.32. The second-order valence-corrected chi connectivity index (χ2v) is 6.71. The van der Waals surface area contributed by atoms with E-state index in [2.05, 4.69) is 44.8 Å². The van der Waals surface area contributed by atoms with Crippen molar-refractivity contribution in [1.82, 2.24) is 10.2 Å². The van der Waals surface area contributed by atoms with Crippen LogP contribution in [0.2, 0.25) is 0 Å². The molecule has 1 unspecified atom stereocenters. The predicted molar refractivity (Wildman–Crippen MR) is 71.8 cm³/mol. The molecule has 1 aliphatic heterocycles. The Bertz CT molecular complexity index is 193. The smallest absolute Gasteiger partial charge is 0.0244 e. The monoisotopic (exact) mass is 226 g/mol. The molecule has 1 saturated heterocycles. The third-order valence-corrected chi connectivity index (χ3v) is 3.56. The third-order valence-electron chi connectivity index (χ3n) is 3.56. The standard InChI is InChI=1S/C14H30N2/c1-12(2)7-6-9-16-10-8-15-13(11-16)14(3,4)5/h12-13,15H,6-11H2,1-5H3. The molecule has 1 atom stereocenters. The van der Waals surface area contributed by atoms with Crippen LogP contribution in [0.25, 0.3) is 0 Å². The third kappa shape index (κ3) is 4.84. The Morgan fingerprint density at radius 1 is 1.31 bits per heavy atom. The number of hydrogen-bond acceptors (Lipinski definition) is 2. The summed E-state index contributed by atoms with van der Waals surface area (Å²) >= 11 is 0. The van der Waals surface area contributed by atoms with Crippen LogP contribution in [-0.4, -0.2) is 37.1 Å². The molecule has 0 amide bonds. The minimum absolute atomic E-state index is 0.386. The number of rotatable bonds is 4. The summed E-state index contributed by atoms with van der Waals surface area (Å²) in [4.78, 5) is 2.63. The van der Waals surface area contributed by atoms with Crippen LogP contribution in [0.15, 0.2) is 0 Å². The van der Waals surface area contributed by atoms with Gasteiger partial charge in [-0.25, -0.2) is 0 Å². The number of nitrogens with one attached hydrogen (secondary N) is 1. The first kappa shape index (κ1) is 14.0. The maximum atomic E-state index is 3.65. The lowest BCUT2D eigenvalue weighted by atomic mass is 9.85. The van der Waals surface area contributed by atoms with E-state index in [9.17, 15) is 0 Å². The van der Waals surface area contributed by atoms with E-state index in [0.717, 1.165) is 12.5 Å². The molecule has 0 radical (unpaired) electrons. The van der Waals surface area contributed by atoms with Crippen molar-refractivity contribution in [2.24, 2.45) is 11.3 Å². The summed E-state index contributed by atoms with van der Waals surface area (Å²) < 4.78 is 0. The molecule has 0 aliphatic carbocycles. The van der Waals surface area contributed by atoms with Gasteiger partial charge in [-0.15, -0.1) is 0 Å². The van der Waals surface area contributed by atoms with Crippen LogP contribution < -0.4 is 5.32 Å². The second kappa shape index (κ2) is 6.02. The molecule has 96 valence electrons. The molecule has 1 aliphatic rings. The Kier molecular flexibility index (Phi) is 5.26. The van der Waals surface area contributed by atoms with Gasteiger partial charge in [-0.3, -0.25) is 0 Å². The SMILES string of the molecule is CC(C)CCCN1CCNC(C(C)(C)C)C1. The van der Waals surface area contributed by atoms with E-state index in [1.807, 2.05) is 0 Å². The Balaban J connectivity index is 2.28. The van der Waals surface area contributed by atoms with Crippen molar-refractivity contribution in [1.29, 1.82) is 0 Å². The highest BCUT2D eigenvalue weighted by atomic mass is 15.2. The molecule has 2 nitrogen and oxygen atoms in total. The predicted octanol–water partition coefficient (Wildman–Crippen LogP) is 2.74. The Morgan fingerprint density at radius 2 is 2.00 bits per heavy atom. The van der Waals surface area contributed by atoms with E-state index in [-0.39, 0.29) is 0 Å². The topological polar surface area (TPSA) is 15.3 Å². The van der Waals surface area contributed by atoms with E-state index in [1.54, 1.807) is 0 Å². The normalized spacial score (nSPS) is 24.0. The van der Waals surface area contributed by atoms with Gasteiger partial charge >= 0.3 is 0 Å². The molecule has 2 heteroatoms. The van der Waals surface area contributed by atoms with Crippen LogP contribution >= 0.6 is 0 Å². The largest absolute Gasteiger partial charge is 0.311 e. The summed E-state index contributed by atoms with van der Waals surface area (Å²) in [5, 5.41) is 3.65. The van der Waals surface area contributed by atoms with Crippen molar-refractivity contribution in [3.63, 3.8) is 0 Å². The first-order valence-electron chi connectivity index (χ1n) is 6.85. The summed E-state index contributed by atoms with van der Waals surface area (Å²) in [6.45, 7) is 16.5. The Morgan fingerprint density at radius 3 is 2.56 bits per heavy atom. The zero-order chi connectivity index (χ0) is 12.2. The molecule has 0 bridgehead atoms. The fourth-order valence-electron chi connectivity index (χ4n) is 2.32. The minimum atomic E-state index is 0.386. The first-order chi connectivity index (χ1) is 7.39. The molecular weight excluding hydrogens is 196 g/mol. The molecule has 1 heterocycles. The molecule has 0 aromatic carbocycles. The van der Waals surface area contributed by atoms with Gasteiger partial charge in [-0.1, -0.05) is 34.6 Å². The zero-order valence-electron chi connectivity index (χ0n) is 11.8. The molecule has 0 aromatic rings. The van der Waals surface area contributed by atoms with Crippen molar-refractivity contribution in [3.8, 4) is 0 Å². The fraction of sp³-hybridized carbons (Fsp3) is 1.00. The summed E-state index contributed by atoms with van der Waals surface area (Å²) in [6.07, 6.45) is 2.72. The van der Waals surface area contributed by atoms with Crippen molar-refractivity contribution >= 4 is 0 Å². The van der Waals surface area contributed by atoms with Gasteiger partial charge in [0.05, 0.1) is 0 Å². The highest BCUT2D eigenvalue weighted by Crippen LogP contribution is 2.22. The Hall–Kier alpha value is -0.0800. The van der Waals surface area contributed by atoms with Crippen LogP contribution in [0.5, 0.6) is 0 Å². The lowest BCUT2D eigenvalue weighted by molar-refractivity contribution is 0.132. The maximum absolute atomic E-state index is 3.65. The van der Waals surface area contributed by atoms with E-state index < -0.39 is 0 Å². The van der Waals surface area contributed by atoms with Gasteiger partial charge in [0, 0.05) is 25.7 Å². The average molecular weight is 226 g/mol. The van der Waals surface area contributed by atoms with Crippen LogP contribution in [0, 0.1) is 11.3 Å². The van der Waals surface area contributed by atoms with Gasteiger partial charge in [0.1, 0.15) is 0 Å². The van der Waals surface area contributed by atoms with Crippen molar-refractivity contribution < 1.29 is 0 Å². The highest BCUT2D eigenvalue weighted by Gasteiger charge is 2.28. The minimum Gasteiger partial charge on any atom is -0.311 e. The summed E-state index contributed by atoms with van der Waals surface area (Å²) in [5.41, 5.74) is 0.386. The van der Waals surface area contributed by atoms with Gasteiger partial charge in [-0.2, -0.15) is 0 Å². The van der Waals surface area contributed by atoms with E-state index >= 15 is 0 Å². The number of nitrogens with zero attached hydrogens (tertiary/aromatic N) is 1. The molecule has 16 heavy (non-hydrogen) atoms. The second-order valence-electron chi connectivity index (χ2n) is 6.71. The summed E-state index contributed by atoms with van der Waals surface area (Å²) in [5.74, 6) is 0.848. The highest BCUT2D eigenvalue weighted by molar-refractivity contribution is 4.87. The van der Waals surface area contributed by atoms with Crippen molar-refractivity contribution in [2.75, 3.05) is 26.2 Å². The van der Waals surface area contributed by atoms with E-state index in [1.165, 1.54) is 32.5 Å². The first-order valence-corrected chi connectivity index (χ1v) is 6.85. The molecule has 0 spiro atoms. The molecule has 1 N–H and O–H groups in total. The van der Waals surface area contributed by atoms with Gasteiger partial charge in [-0.05, 0) is 30.7 Å². The Labute approximate surface area is 102 Å². The summed E-state index contributed by atoms with van der Waals surface area (Å²) in [7, 11) is 0. The zero-order valence-corrected chi connectivity index (χ0v) is 11.8. The average Bonchev–Trinajstić information content (AvgIpc) is 2.16. The summed E-state index contributed by atoms with van der Waals surface area (Å²) in [6, 6.07) is 0.653. The van der Waals surface area contributed by atoms with Crippen LogP contribution in [0.4, 0.5) is 0 Å². The van der Waals surface area contributed by atoms with Gasteiger partial charge in [0.2, 0.25) is 0 Å². The maximum Gasteiger partial charge on any atom is 0.0244 e. The van der Waals surface area contributed by atoms with Crippen molar-refractivity contribution in [3.05, 3.63) is 0 Å². The molecule has 0 aromatic heterocycles. The lowest BCUT2D eigenvalue weighted by Gasteiger charge is -2.40. The lowest BCUT2D eigenvalue weighted by Crippen LogP contribution is -2.55. The van der Waals surface area contributed by atoms with Crippen LogP contribution in [-0.2, 0) is 0 Å². The quantitative estimate of drug-likeness (QED) is 0.793. The van der Waals surface area contributed by atoms with Gasteiger partial charge in [0.25, 0.3) is 0 Å². The number of piperazine rings is 1. The van der Waals surface area contributed by atoms with Crippen LogP contribution in [0.1, 0.15) is 47.5 Å². The van der Waals surface area contributed by atoms with Crippen LogP contribution in [0.3, 0.4) is 0 Å². The van der Waals surface area contributed by atoms with Gasteiger partial charge in [0.15, 0.2) is 0 Å². The number of hydrogen-bond donors (Lipinski definition) is 1. The van der Waals surface area contributed by atoms with Gasteiger partial charge < -0.3 is 10.2 Å². The molecule has 0 saturated carbocycles.